The van der Waals surface area contributed by atoms with Crippen LogP contribution in [0.4, 0.5) is 4.39 Å². The number of rotatable bonds is 5. The van der Waals surface area contributed by atoms with E-state index in [-0.39, 0.29) is 17.9 Å². The molecule has 0 amide bonds. The van der Waals surface area contributed by atoms with Crippen LogP contribution in [0.2, 0.25) is 0 Å². The SMILES string of the molecule is CC(NC(C)c1ccc(-c2ccccc2F)s1)c1ccncc1. The van der Waals surface area contributed by atoms with Gasteiger partial charge in [0.1, 0.15) is 5.82 Å². The molecule has 23 heavy (non-hydrogen) atoms. The van der Waals surface area contributed by atoms with E-state index in [2.05, 4.69) is 30.2 Å². The fourth-order valence-electron chi connectivity index (χ4n) is 2.60. The normalized spacial score (nSPS) is 13.7. The lowest BCUT2D eigenvalue weighted by atomic mass is 10.1. The molecule has 2 unspecified atom stereocenters. The monoisotopic (exact) mass is 326 g/mol. The summed E-state index contributed by atoms with van der Waals surface area (Å²) in [5, 5.41) is 3.58. The first-order chi connectivity index (χ1) is 11.1. The Balaban J connectivity index is 1.74. The van der Waals surface area contributed by atoms with Gasteiger partial charge in [-0.2, -0.15) is 0 Å². The molecule has 0 fully saturated rings. The minimum atomic E-state index is -0.174. The molecule has 0 aliphatic rings. The highest BCUT2D eigenvalue weighted by Crippen LogP contribution is 2.33. The Morgan fingerprint density at radius 2 is 1.70 bits per heavy atom. The Morgan fingerprint density at radius 1 is 0.957 bits per heavy atom. The van der Waals surface area contributed by atoms with Gasteiger partial charge < -0.3 is 5.32 Å². The first-order valence-corrected chi connectivity index (χ1v) is 8.47. The first-order valence-electron chi connectivity index (χ1n) is 7.66. The molecule has 0 spiro atoms. The number of nitrogens with zero attached hydrogens (tertiary/aromatic N) is 1. The third kappa shape index (κ3) is 3.66. The Labute approximate surface area is 140 Å². The molecule has 0 aliphatic carbocycles. The van der Waals surface area contributed by atoms with Gasteiger partial charge in [0.15, 0.2) is 0 Å². The summed E-state index contributed by atoms with van der Waals surface area (Å²) in [6.07, 6.45) is 3.61. The van der Waals surface area contributed by atoms with Crippen molar-refractivity contribution in [3.8, 4) is 10.4 Å². The van der Waals surface area contributed by atoms with Crippen LogP contribution < -0.4 is 5.32 Å². The fraction of sp³-hybridized carbons (Fsp3) is 0.211. The zero-order chi connectivity index (χ0) is 16.2. The van der Waals surface area contributed by atoms with Gasteiger partial charge in [0.05, 0.1) is 0 Å². The molecule has 0 saturated heterocycles. The van der Waals surface area contributed by atoms with Crippen molar-refractivity contribution in [3.63, 3.8) is 0 Å². The minimum Gasteiger partial charge on any atom is -0.303 e. The van der Waals surface area contributed by atoms with E-state index >= 15 is 0 Å². The maximum absolute atomic E-state index is 13.9. The maximum Gasteiger partial charge on any atom is 0.131 e. The molecule has 2 heterocycles. The van der Waals surface area contributed by atoms with Gasteiger partial charge in [-0.1, -0.05) is 18.2 Å². The van der Waals surface area contributed by atoms with E-state index in [1.807, 2.05) is 30.3 Å². The lowest BCUT2D eigenvalue weighted by Gasteiger charge is -2.19. The Morgan fingerprint density at radius 3 is 2.43 bits per heavy atom. The second-order valence-corrected chi connectivity index (χ2v) is 6.69. The number of aromatic nitrogens is 1. The van der Waals surface area contributed by atoms with E-state index in [1.165, 1.54) is 16.5 Å². The Hall–Kier alpha value is -2.04. The summed E-state index contributed by atoms with van der Waals surface area (Å²) in [5.74, 6) is -0.174. The highest BCUT2D eigenvalue weighted by atomic mass is 32.1. The predicted octanol–water partition coefficient (Wildman–Crippen LogP) is 5.36. The van der Waals surface area contributed by atoms with E-state index in [9.17, 15) is 4.39 Å². The molecule has 0 bridgehead atoms. The number of thiophene rings is 1. The van der Waals surface area contributed by atoms with Gasteiger partial charge in [0.2, 0.25) is 0 Å². The fourth-order valence-corrected chi connectivity index (χ4v) is 3.64. The zero-order valence-corrected chi connectivity index (χ0v) is 14.0. The average molecular weight is 326 g/mol. The van der Waals surface area contributed by atoms with Crippen molar-refractivity contribution in [2.24, 2.45) is 0 Å². The third-order valence-electron chi connectivity index (χ3n) is 3.90. The van der Waals surface area contributed by atoms with Crippen molar-refractivity contribution in [1.29, 1.82) is 0 Å². The van der Waals surface area contributed by atoms with Gasteiger partial charge in [-0.05, 0) is 49.7 Å². The van der Waals surface area contributed by atoms with E-state index in [1.54, 1.807) is 29.8 Å². The minimum absolute atomic E-state index is 0.174. The number of pyridine rings is 1. The van der Waals surface area contributed by atoms with Gasteiger partial charge >= 0.3 is 0 Å². The van der Waals surface area contributed by atoms with Crippen LogP contribution in [-0.2, 0) is 0 Å². The molecular weight excluding hydrogens is 307 g/mol. The predicted molar refractivity (Wildman–Crippen MR) is 93.9 cm³/mol. The molecule has 1 N–H and O–H groups in total. The lowest BCUT2D eigenvalue weighted by Crippen LogP contribution is -2.21. The molecule has 3 aromatic rings. The quantitative estimate of drug-likeness (QED) is 0.682. The molecule has 0 radical (unpaired) electrons. The van der Waals surface area contributed by atoms with Gasteiger partial charge in [-0.15, -0.1) is 11.3 Å². The standard InChI is InChI=1S/C19H19FN2S/c1-13(15-9-11-21-12-10-15)22-14(2)18-7-8-19(23-18)16-5-3-4-6-17(16)20/h3-14,22H,1-2H3. The van der Waals surface area contributed by atoms with Crippen molar-refractivity contribution in [2.75, 3.05) is 0 Å². The van der Waals surface area contributed by atoms with Crippen LogP contribution in [0, 0.1) is 5.82 Å². The Bertz CT molecular complexity index is 770. The Kier molecular flexibility index (Phi) is 4.84. The summed E-state index contributed by atoms with van der Waals surface area (Å²) < 4.78 is 13.9. The topological polar surface area (TPSA) is 24.9 Å². The molecule has 3 rings (SSSR count). The third-order valence-corrected chi connectivity index (χ3v) is 5.20. The average Bonchev–Trinajstić information content (AvgIpc) is 3.06. The number of halogens is 1. The van der Waals surface area contributed by atoms with Gasteiger partial charge in [0, 0.05) is 39.8 Å². The largest absolute Gasteiger partial charge is 0.303 e. The zero-order valence-electron chi connectivity index (χ0n) is 13.2. The lowest BCUT2D eigenvalue weighted by molar-refractivity contribution is 0.500. The molecule has 1 aromatic carbocycles. The summed E-state index contributed by atoms with van der Waals surface area (Å²) in [5.41, 5.74) is 1.87. The van der Waals surface area contributed by atoms with E-state index in [4.69, 9.17) is 0 Å². The molecule has 118 valence electrons. The van der Waals surface area contributed by atoms with Crippen LogP contribution in [0.3, 0.4) is 0 Å². The van der Waals surface area contributed by atoms with Crippen molar-refractivity contribution in [2.45, 2.75) is 25.9 Å². The highest BCUT2D eigenvalue weighted by molar-refractivity contribution is 7.15. The van der Waals surface area contributed by atoms with Gasteiger partial charge in [-0.25, -0.2) is 4.39 Å². The van der Waals surface area contributed by atoms with E-state index in [0.29, 0.717) is 5.56 Å². The summed E-state index contributed by atoms with van der Waals surface area (Å²) >= 11 is 1.63. The first kappa shape index (κ1) is 15.8. The summed E-state index contributed by atoms with van der Waals surface area (Å²) in [4.78, 5) is 6.21. The molecule has 2 aromatic heterocycles. The smallest absolute Gasteiger partial charge is 0.131 e. The second-order valence-electron chi connectivity index (χ2n) is 5.57. The molecule has 2 atom stereocenters. The maximum atomic E-state index is 13.9. The van der Waals surface area contributed by atoms with Crippen LogP contribution in [0.5, 0.6) is 0 Å². The van der Waals surface area contributed by atoms with E-state index in [0.717, 1.165) is 4.88 Å². The molecule has 2 nitrogen and oxygen atoms in total. The van der Waals surface area contributed by atoms with Crippen LogP contribution >= 0.6 is 11.3 Å². The van der Waals surface area contributed by atoms with E-state index < -0.39 is 0 Å². The van der Waals surface area contributed by atoms with Crippen LogP contribution in [0.25, 0.3) is 10.4 Å². The van der Waals surface area contributed by atoms with Crippen molar-refractivity contribution in [1.82, 2.24) is 10.3 Å². The van der Waals surface area contributed by atoms with Crippen molar-refractivity contribution < 1.29 is 4.39 Å². The summed E-state index contributed by atoms with van der Waals surface area (Å²) in [6.45, 7) is 4.27. The van der Waals surface area contributed by atoms with Gasteiger partial charge in [0.25, 0.3) is 0 Å². The van der Waals surface area contributed by atoms with Crippen molar-refractivity contribution in [3.05, 3.63) is 77.2 Å². The highest BCUT2D eigenvalue weighted by Gasteiger charge is 2.14. The molecular formula is C19H19FN2S. The summed E-state index contributed by atoms with van der Waals surface area (Å²) in [7, 11) is 0. The van der Waals surface area contributed by atoms with Crippen molar-refractivity contribution >= 4 is 11.3 Å². The van der Waals surface area contributed by atoms with Crippen LogP contribution in [-0.4, -0.2) is 4.98 Å². The molecule has 4 heteroatoms. The number of hydrogen-bond donors (Lipinski definition) is 1. The molecule has 0 aliphatic heterocycles. The number of hydrogen-bond acceptors (Lipinski definition) is 3. The number of nitrogens with one attached hydrogen (secondary N) is 1. The number of benzene rings is 1. The summed E-state index contributed by atoms with van der Waals surface area (Å²) in [6, 6.07) is 15.4. The van der Waals surface area contributed by atoms with Crippen LogP contribution in [0.1, 0.15) is 36.4 Å². The van der Waals surface area contributed by atoms with Gasteiger partial charge in [-0.3, -0.25) is 4.98 Å². The molecule has 0 saturated carbocycles. The second kappa shape index (κ2) is 7.02. The van der Waals surface area contributed by atoms with Crippen LogP contribution in [0.15, 0.2) is 60.9 Å².